The van der Waals surface area contributed by atoms with Crippen LogP contribution in [0.3, 0.4) is 0 Å². The summed E-state index contributed by atoms with van der Waals surface area (Å²) in [4.78, 5) is 8.91. The number of para-hydroxylation sites is 1. The van der Waals surface area contributed by atoms with Gasteiger partial charge in [0.25, 0.3) is 0 Å². The van der Waals surface area contributed by atoms with E-state index in [0.717, 1.165) is 17.8 Å². The molecule has 1 unspecified atom stereocenters. The molecule has 2 aliphatic heterocycles. The molecule has 2 saturated heterocycles. The van der Waals surface area contributed by atoms with Crippen molar-refractivity contribution in [2.24, 2.45) is 0 Å². The van der Waals surface area contributed by atoms with E-state index >= 15 is 0 Å². The molecule has 0 N–H and O–H groups in total. The van der Waals surface area contributed by atoms with Crippen LogP contribution >= 0.6 is 0 Å². The van der Waals surface area contributed by atoms with Gasteiger partial charge in [-0.3, -0.25) is 0 Å². The smallest absolute Gasteiger partial charge is 0.744 e. The molecule has 2 aliphatic rings. The Morgan fingerprint density at radius 2 is 1.09 bits per heavy atom. The maximum Gasteiger partial charge on any atom is 1.00 e. The van der Waals surface area contributed by atoms with Crippen LogP contribution in [0.25, 0.3) is 0 Å². The molecule has 0 radical (unpaired) electrons. The summed E-state index contributed by atoms with van der Waals surface area (Å²) in [5, 5.41) is 0. The Hall–Kier alpha value is -3.89. The SMILES string of the molecule is Cc1cc(C)c(N2C[C@H](c3ccccc3)N(c3ccccc3S(=O)(=O)[O-])C2C)c(C)c1.Cc1cc(C)c(N2[CH-]N(C)[C@@H](c3ccccc3)C2)c(C)c1.[Ag+]. The minimum Gasteiger partial charge on any atom is -0.744 e. The third kappa shape index (κ3) is 8.59. The molecule has 0 saturated carbocycles. The van der Waals surface area contributed by atoms with Crippen LogP contribution < -0.4 is 14.7 Å². The minimum atomic E-state index is -4.61. The average molecular weight is 823 g/mol. The van der Waals surface area contributed by atoms with Crippen molar-refractivity contribution in [3.05, 3.63) is 160 Å². The Kier molecular flexibility index (Phi) is 12.7. The summed E-state index contributed by atoms with van der Waals surface area (Å²) in [7, 11) is -2.45. The Morgan fingerprint density at radius 1 is 0.642 bits per heavy atom. The van der Waals surface area contributed by atoms with Crippen LogP contribution in [0.2, 0.25) is 0 Å². The Bertz CT molecular complexity index is 2100. The van der Waals surface area contributed by atoms with Crippen LogP contribution in [0.4, 0.5) is 17.1 Å². The summed E-state index contributed by atoms with van der Waals surface area (Å²) in [6.07, 6.45) is -0.145. The first-order valence-electron chi connectivity index (χ1n) is 17.9. The number of anilines is 3. The number of hydrogen-bond donors (Lipinski definition) is 0. The van der Waals surface area contributed by atoms with E-state index in [1.54, 1.807) is 18.2 Å². The van der Waals surface area contributed by atoms with E-state index in [-0.39, 0.29) is 39.5 Å². The molecule has 9 heteroatoms. The van der Waals surface area contributed by atoms with Gasteiger partial charge in [0.05, 0.1) is 22.8 Å². The van der Waals surface area contributed by atoms with Gasteiger partial charge in [-0.1, -0.05) is 108 Å². The quantitative estimate of drug-likeness (QED) is 0.0962. The standard InChI is InChI=1S/C25H28N2O3S.C19H23N2.Ag/c1-17-14-18(2)25(19(3)15-17)26-16-23(21-10-6-5-7-11-21)27(20(26)4)22-12-8-9-13-24(22)31(28,29)30;1-14-10-15(2)19(16(3)11-14)21-12-18(20(4)13-21)17-8-6-5-7-9-17;/h5-15,20,23H,16H2,1-4H3,(H,28,29,30);5-11,13,18H,12H2,1-4H3;/q;-1;+1/p-1/t20?,23-;18-;/m11./s1. The number of hydrogen-bond acceptors (Lipinski definition) is 7. The molecule has 7 rings (SSSR count). The fraction of sp³-hybridized carbons (Fsp3) is 0.295. The van der Waals surface area contributed by atoms with Gasteiger partial charge in [-0.25, -0.2) is 8.42 Å². The molecule has 7 nitrogen and oxygen atoms in total. The maximum atomic E-state index is 12.1. The molecule has 0 spiro atoms. The first-order valence-corrected chi connectivity index (χ1v) is 19.3. The van der Waals surface area contributed by atoms with Gasteiger partial charge in [-0.2, -0.15) is 6.67 Å². The maximum absolute atomic E-state index is 12.1. The summed E-state index contributed by atoms with van der Waals surface area (Å²) in [6, 6.07) is 36.5. The second kappa shape index (κ2) is 16.6. The monoisotopic (exact) mass is 821 g/mol. The molecule has 53 heavy (non-hydrogen) atoms. The molecule has 3 atom stereocenters. The fourth-order valence-corrected chi connectivity index (χ4v) is 9.06. The summed E-state index contributed by atoms with van der Waals surface area (Å²) in [6.45, 7) is 18.9. The zero-order valence-corrected chi connectivity index (χ0v) is 34.1. The van der Waals surface area contributed by atoms with Gasteiger partial charge in [-0.05, 0) is 101 Å². The first kappa shape index (κ1) is 40.3. The summed E-state index contributed by atoms with van der Waals surface area (Å²) in [5.74, 6) is 0. The van der Waals surface area contributed by atoms with Gasteiger partial charge in [0.15, 0.2) is 0 Å². The molecule has 0 amide bonds. The number of benzene rings is 5. The van der Waals surface area contributed by atoms with Crippen molar-refractivity contribution in [3.8, 4) is 0 Å². The van der Waals surface area contributed by atoms with Crippen LogP contribution in [0.1, 0.15) is 63.5 Å². The normalized spacial score (nSPS) is 18.8. The van der Waals surface area contributed by atoms with Crippen molar-refractivity contribution in [2.45, 2.75) is 71.6 Å². The Labute approximate surface area is 332 Å². The molecule has 0 aliphatic carbocycles. The van der Waals surface area contributed by atoms with Crippen molar-refractivity contribution < 1.29 is 35.4 Å². The molecular formula is C44H50AgN4O3S-. The zero-order valence-electron chi connectivity index (χ0n) is 31.8. The van der Waals surface area contributed by atoms with Gasteiger partial charge in [-0.15, -0.1) is 0 Å². The van der Waals surface area contributed by atoms with E-state index < -0.39 is 10.1 Å². The molecule has 0 aromatic heterocycles. The molecule has 5 aromatic carbocycles. The Balaban J connectivity index is 0.000000215. The molecule has 282 valence electrons. The minimum absolute atomic E-state index is 0. The third-order valence-electron chi connectivity index (χ3n) is 10.4. The predicted molar refractivity (Wildman–Crippen MR) is 213 cm³/mol. The average Bonchev–Trinajstić information content (AvgIpc) is 3.63. The second-order valence-electron chi connectivity index (χ2n) is 14.4. The number of rotatable bonds is 6. The van der Waals surface area contributed by atoms with Gasteiger partial charge in [0.2, 0.25) is 0 Å². The van der Waals surface area contributed by atoms with E-state index in [9.17, 15) is 13.0 Å². The van der Waals surface area contributed by atoms with E-state index in [1.165, 1.54) is 50.7 Å². The topological polar surface area (TPSA) is 70.2 Å². The summed E-state index contributed by atoms with van der Waals surface area (Å²) >= 11 is 0. The van der Waals surface area contributed by atoms with E-state index in [0.29, 0.717) is 18.3 Å². The third-order valence-corrected chi connectivity index (χ3v) is 11.3. The fourth-order valence-electron chi connectivity index (χ4n) is 8.39. The van der Waals surface area contributed by atoms with Gasteiger partial charge in [0, 0.05) is 30.5 Å². The number of nitrogens with zero attached hydrogens (tertiary/aromatic N) is 4. The van der Waals surface area contributed by atoms with Crippen LogP contribution in [-0.4, -0.2) is 44.2 Å². The van der Waals surface area contributed by atoms with Gasteiger partial charge in [0.1, 0.15) is 10.1 Å². The number of likely N-dealkylation sites (N-methyl/N-ethyl adjacent to an activating group) is 1. The van der Waals surface area contributed by atoms with Gasteiger partial charge < -0.3 is 24.2 Å². The molecule has 5 aromatic rings. The van der Waals surface area contributed by atoms with Crippen molar-refractivity contribution in [1.29, 1.82) is 0 Å². The zero-order chi connectivity index (χ0) is 37.3. The Morgan fingerprint density at radius 3 is 1.60 bits per heavy atom. The molecule has 2 heterocycles. The van der Waals surface area contributed by atoms with Crippen LogP contribution in [0, 0.1) is 48.2 Å². The van der Waals surface area contributed by atoms with E-state index in [2.05, 4.69) is 149 Å². The van der Waals surface area contributed by atoms with Gasteiger partial charge >= 0.3 is 22.4 Å². The number of aryl methyl sites for hydroxylation is 6. The predicted octanol–water partition coefficient (Wildman–Crippen LogP) is 9.15. The molecule has 0 bridgehead atoms. The molecule has 2 fully saturated rings. The largest absolute Gasteiger partial charge is 1.00 e. The van der Waals surface area contributed by atoms with Crippen molar-refractivity contribution >= 4 is 27.2 Å². The van der Waals surface area contributed by atoms with E-state index in [4.69, 9.17) is 0 Å². The van der Waals surface area contributed by atoms with Crippen LogP contribution in [-0.2, 0) is 32.5 Å². The molecular weight excluding hydrogens is 772 g/mol. The van der Waals surface area contributed by atoms with Crippen LogP contribution in [0.15, 0.2) is 114 Å². The van der Waals surface area contributed by atoms with Crippen molar-refractivity contribution in [1.82, 2.24) is 4.90 Å². The van der Waals surface area contributed by atoms with Crippen molar-refractivity contribution in [3.63, 3.8) is 0 Å². The summed E-state index contributed by atoms with van der Waals surface area (Å²) in [5.41, 5.74) is 13.0. The van der Waals surface area contributed by atoms with E-state index in [1.807, 2.05) is 18.2 Å². The summed E-state index contributed by atoms with van der Waals surface area (Å²) < 4.78 is 36.2. The van der Waals surface area contributed by atoms with Crippen molar-refractivity contribution in [2.75, 3.05) is 34.8 Å². The second-order valence-corrected chi connectivity index (χ2v) is 15.7. The van der Waals surface area contributed by atoms with Crippen LogP contribution in [0.5, 0.6) is 0 Å². The first-order chi connectivity index (χ1) is 24.7.